The van der Waals surface area contributed by atoms with Gasteiger partial charge in [0.15, 0.2) is 0 Å². The number of halogens is 1. The van der Waals surface area contributed by atoms with E-state index in [0.29, 0.717) is 5.15 Å². The fraction of sp³-hybridized carbons (Fsp3) is 0.700. The summed E-state index contributed by atoms with van der Waals surface area (Å²) in [6.07, 6.45) is 1.69. The Hall–Kier alpha value is -0.390. The molecule has 1 N–H and O–H groups in total. The van der Waals surface area contributed by atoms with E-state index in [4.69, 9.17) is 11.6 Å². The molecular formula is C10H18ClN3OS. The van der Waals surface area contributed by atoms with Crippen molar-refractivity contribution in [3.8, 4) is 0 Å². The maximum atomic E-state index is 11.9. The maximum Gasteiger partial charge on any atom is 0.131 e. The molecule has 16 heavy (non-hydrogen) atoms. The van der Waals surface area contributed by atoms with Crippen LogP contribution in [0.1, 0.15) is 39.3 Å². The molecule has 0 radical (unpaired) electrons. The summed E-state index contributed by atoms with van der Waals surface area (Å²) in [5, 5.41) is 4.63. The minimum atomic E-state index is -1.11. The van der Waals surface area contributed by atoms with Crippen LogP contribution in [0.4, 0.5) is 0 Å². The lowest BCUT2D eigenvalue weighted by Gasteiger charge is -2.21. The van der Waals surface area contributed by atoms with Gasteiger partial charge in [0.05, 0.1) is 21.9 Å². The van der Waals surface area contributed by atoms with Crippen LogP contribution in [0.2, 0.25) is 5.15 Å². The second kappa shape index (κ2) is 4.85. The SMILES string of the molecule is C[C@H](NS(=O)C(C)(C)C)c1cnn(C)c1Cl. The van der Waals surface area contributed by atoms with E-state index in [1.54, 1.807) is 17.9 Å². The van der Waals surface area contributed by atoms with Crippen molar-refractivity contribution in [3.05, 3.63) is 16.9 Å². The van der Waals surface area contributed by atoms with Gasteiger partial charge in [0, 0.05) is 18.7 Å². The zero-order valence-corrected chi connectivity index (χ0v) is 11.8. The zero-order chi connectivity index (χ0) is 12.5. The minimum absolute atomic E-state index is 0.0822. The lowest BCUT2D eigenvalue weighted by molar-refractivity contribution is 0.616. The first-order chi connectivity index (χ1) is 7.23. The predicted molar refractivity (Wildman–Crippen MR) is 67.7 cm³/mol. The highest BCUT2D eigenvalue weighted by molar-refractivity contribution is 7.84. The second-order valence-corrected chi connectivity index (χ2v) is 7.09. The maximum absolute atomic E-state index is 11.9. The van der Waals surface area contributed by atoms with Crippen LogP contribution < -0.4 is 4.72 Å². The molecule has 0 aromatic carbocycles. The molecule has 1 aromatic heterocycles. The Morgan fingerprint density at radius 3 is 2.50 bits per heavy atom. The summed E-state index contributed by atoms with van der Waals surface area (Å²) < 4.78 is 16.2. The van der Waals surface area contributed by atoms with E-state index >= 15 is 0 Å². The van der Waals surface area contributed by atoms with Crippen molar-refractivity contribution in [3.63, 3.8) is 0 Å². The molecule has 0 spiro atoms. The molecule has 1 rings (SSSR count). The van der Waals surface area contributed by atoms with Crippen molar-refractivity contribution in [2.24, 2.45) is 7.05 Å². The van der Waals surface area contributed by atoms with Gasteiger partial charge in [-0.1, -0.05) is 11.6 Å². The van der Waals surface area contributed by atoms with E-state index in [-0.39, 0.29) is 10.8 Å². The standard InChI is InChI=1S/C10H18ClN3OS/c1-7(13-16(15)10(2,3)4)8-6-12-14(5)9(8)11/h6-7,13H,1-5H3/t7-,16?/m0/s1. The van der Waals surface area contributed by atoms with Gasteiger partial charge in [0.2, 0.25) is 0 Å². The fourth-order valence-corrected chi connectivity index (χ4v) is 2.19. The van der Waals surface area contributed by atoms with Crippen LogP contribution in [0.25, 0.3) is 0 Å². The largest absolute Gasteiger partial charge is 0.257 e. The number of nitrogens with one attached hydrogen (secondary N) is 1. The van der Waals surface area contributed by atoms with Gasteiger partial charge in [-0.15, -0.1) is 0 Å². The molecule has 4 nitrogen and oxygen atoms in total. The summed E-state index contributed by atoms with van der Waals surface area (Å²) in [5.74, 6) is 0. The van der Waals surface area contributed by atoms with E-state index in [1.807, 2.05) is 27.7 Å². The van der Waals surface area contributed by atoms with Crippen LogP contribution in [-0.2, 0) is 18.0 Å². The van der Waals surface area contributed by atoms with Crippen LogP contribution in [0.15, 0.2) is 6.20 Å². The summed E-state index contributed by atoms with van der Waals surface area (Å²) in [5.41, 5.74) is 0.863. The molecular weight excluding hydrogens is 246 g/mol. The van der Waals surface area contributed by atoms with Gasteiger partial charge in [-0.2, -0.15) is 5.10 Å². The van der Waals surface area contributed by atoms with Gasteiger partial charge < -0.3 is 0 Å². The first-order valence-electron chi connectivity index (χ1n) is 5.09. The Labute approximate surface area is 104 Å². The Morgan fingerprint density at radius 1 is 1.56 bits per heavy atom. The molecule has 0 saturated heterocycles. The molecule has 92 valence electrons. The molecule has 2 atom stereocenters. The first-order valence-corrected chi connectivity index (χ1v) is 6.61. The molecule has 0 fully saturated rings. The third kappa shape index (κ3) is 3.06. The van der Waals surface area contributed by atoms with Gasteiger partial charge >= 0.3 is 0 Å². The smallest absolute Gasteiger partial charge is 0.131 e. The van der Waals surface area contributed by atoms with Crippen molar-refractivity contribution in [2.75, 3.05) is 0 Å². The Balaban J connectivity index is 2.77. The van der Waals surface area contributed by atoms with E-state index in [0.717, 1.165) is 5.56 Å². The molecule has 0 amide bonds. The van der Waals surface area contributed by atoms with E-state index in [1.165, 1.54) is 0 Å². The van der Waals surface area contributed by atoms with Gasteiger partial charge in [-0.05, 0) is 27.7 Å². The third-order valence-corrected chi connectivity index (χ3v) is 4.34. The normalized spacial score (nSPS) is 16.1. The van der Waals surface area contributed by atoms with E-state index in [2.05, 4.69) is 9.82 Å². The molecule has 0 aliphatic heterocycles. The molecule has 1 heterocycles. The molecule has 0 saturated carbocycles. The Bertz CT molecular complexity index is 397. The second-order valence-electron chi connectivity index (χ2n) is 4.73. The number of aromatic nitrogens is 2. The number of hydrogen-bond donors (Lipinski definition) is 1. The number of nitrogens with zero attached hydrogens (tertiary/aromatic N) is 2. The van der Waals surface area contributed by atoms with Crippen LogP contribution >= 0.6 is 11.6 Å². The summed E-state index contributed by atoms with van der Waals surface area (Å²) in [6, 6.07) is -0.0822. The van der Waals surface area contributed by atoms with Crippen molar-refractivity contribution >= 4 is 22.6 Å². The molecule has 0 aliphatic rings. The average Bonchev–Trinajstić information content (AvgIpc) is 2.46. The fourth-order valence-electron chi connectivity index (χ4n) is 1.13. The summed E-state index contributed by atoms with van der Waals surface area (Å²) in [7, 11) is 0.664. The lowest BCUT2D eigenvalue weighted by Crippen LogP contribution is -2.34. The zero-order valence-electron chi connectivity index (χ0n) is 10.2. The highest BCUT2D eigenvalue weighted by Gasteiger charge is 2.23. The first kappa shape index (κ1) is 13.7. The molecule has 6 heteroatoms. The lowest BCUT2D eigenvalue weighted by atomic mass is 10.2. The van der Waals surface area contributed by atoms with E-state index < -0.39 is 11.0 Å². The van der Waals surface area contributed by atoms with Crippen molar-refractivity contribution in [2.45, 2.75) is 38.5 Å². The Kier molecular flexibility index (Phi) is 4.15. The van der Waals surface area contributed by atoms with Gasteiger partial charge in [0.25, 0.3) is 0 Å². The Morgan fingerprint density at radius 2 is 2.12 bits per heavy atom. The van der Waals surface area contributed by atoms with Crippen LogP contribution in [-0.4, -0.2) is 18.7 Å². The molecule has 0 aliphatic carbocycles. The minimum Gasteiger partial charge on any atom is -0.257 e. The van der Waals surface area contributed by atoms with Crippen LogP contribution in [0.5, 0.6) is 0 Å². The quantitative estimate of drug-likeness (QED) is 0.909. The third-order valence-electron chi connectivity index (χ3n) is 2.20. The number of hydrogen-bond acceptors (Lipinski definition) is 2. The molecule has 1 aromatic rings. The highest BCUT2D eigenvalue weighted by Crippen LogP contribution is 2.23. The molecule has 1 unspecified atom stereocenters. The monoisotopic (exact) mass is 263 g/mol. The van der Waals surface area contributed by atoms with Gasteiger partial charge in [-0.25, -0.2) is 8.93 Å². The highest BCUT2D eigenvalue weighted by atomic mass is 35.5. The van der Waals surface area contributed by atoms with Crippen molar-refractivity contribution < 1.29 is 4.21 Å². The van der Waals surface area contributed by atoms with E-state index in [9.17, 15) is 4.21 Å². The average molecular weight is 264 g/mol. The summed E-state index contributed by atoms with van der Waals surface area (Å²) in [4.78, 5) is 0. The van der Waals surface area contributed by atoms with Crippen molar-refractivity contribution in [1.29, 1.82) is 0 Å². The predicted octanol–water partition coefficient (Wildman–Crippen LogP) is 2.19. The summed E-state index contributed by atoms with van der Waals surface area (Å²) >= 11 is 6.06. The van der Waals surface area contributed by atoms with Gasteiger partial charge in [0.1, 0.15) is 5.15 Å². The van der Waals surface area contributed by atoms with Crippen LogP contribution in [0, 0.1) is 0 Å². The summed E-state index contributed by atoms with van der Waals surface area (Å²) in [6.45, 7) is 7.70. The van der Waals surface area contributed by atoms with Crippen molar-refractivity contribution in [1.82, 2.24) is 14.5 Å². The molecule has 0 bridgehead atoms. The van der Waals surface area contributed by atoms with Crippen LogP contribution in [0.3, 0.4) is 0 Å². The topological polar surface area (TPSA) is 46.9 Å². The van der Waals surface area contributed by atoms with Gasteiger partial charge in [-0.3, -0.25) is 4.68 Å². The number of aryl methyl sites for hydroxylation is 1. The number of rotatable bonds is 3.